The Labute approximate surface area is 126 Å². The summed E-state index contributed by atoms with van der Waals surface area (Å²) in [6.45, 7) is 0.314. The predicted molar refractivity (Wildman–Crippen MR) is 81.8 cm³/mol. The number of nitrogens with one attached hydrogen (secondary N) is 1. The average molecular weight is 307 g/mol. The second-order valence-electron chi connectivity index (χ2n) is 4.74. The number of halogens is 1. The van der Waals surface area contributed by atoms with Crippen LogP contribution >= 0.6 is 0 Å². The minimum Gasteiger partial charge on any atom is -0.394 e. The molecule has 0 saturated carbocycles. The Morgan fingerprint density at radius 3 is 2.43 bits per heavy atom. The Bertz CT molecular complexity index is 616. The third kappa shape index (κ3) is 4.20. The van der Waals surface area contributed by atoms with Gasteiger partial charge in [0.1, 0.15) is 5.82 Å². The number of benzene rings is 2. The van der Waals surface area contributed by atoms with Gasteiger partial charge in [-0.3, -0.25) is 4.21 Å². The fourth-order valence-electron chi connectivity index (χ4n) is 2.07. The van der Waals surface area contributed by atoms with E-state index in [0.717, 1.165) is 10.5 Å². The van der Waals surface area contributed by atoms with E-state index < -0.39 is 16.8 Å². The van der Waals surface area contributed by atoms with Crippen LogP contribution in [0.5, 0.6) is 0 Å². The molecule has 0 aromatic heterocycles. The van der Waals surface area contributed by atoms with Crippen molar-refractivity contribution in [1.29, 1.82) is 0 Å². The molecule has 3 nitrogen and oxygen atoms in total. The summed E-state index contributed by atoms with van der Waals surface area (Å²) < 4.78 is 25.0. The molecule has 2 atom stereocenters. The van der Waals surface area contributed by atoms with Crippen LogP contribution in [0.3, 0.4) is 0 Å². The van der Waals surface area contributed by atoms with Gasteiger partial charge in [0.05, 0.1) is 12.6 Å². The molecule has 2 N–H and O–H groups in total. The van der Waals surface area contributed by atoms with Crippen molar-refractivity contribution in [2.24, 2.45) is 0 Å². The highest BCUT2D eigenvalue weighted by atomic mass is 32.2. The summed E-state index contributed by atoms with van der Waals surface area (Å²) in [5.41, 5.74) is 1.44. The Hall–Kier alpha value is -1.56. The van der Waals surface area contributed by atoms with Crippen molar-refractivity contribution in [2.45, 2.75) is 17.5 Å². The lowest BCUT2D eigenvalue weighted by Crippen LogP contribution is -2.24. The summed E-state index contributed by atoms with van der Waals surface area (Å²) in [5, 5.41) is 12.6. The fourth-order valence-corrected chi connectivity index (χ4v) is 2.59. The quantitative estimate of drug-likeness (QED) is 0.861. The maximum Gasteiger partial charge on any atom is 0.128 e. The van der Waals surface area contributed by atoms with Crippen molar-refractivity contribution in [1.82, 2.24) is 5.32 Å². The number of rotatable bonds is 6. The topological polar surface area (TPSA) is 49.3 Å². The van der Waals surface area contributed by atoms with Crippen LogP contribution in [0, 0.1) is 5.82 Å². The van der Waals surface area contributed by atoms with E-state index in [1.54, 1.807) is 24.5 Å². The summed E-state index contributed by atoms with van der Waals surface area (Å²) in [4.78, 5) is 0.770. The molecule has 0 heterocycles. The maximum absolute atomic E-state index is 13.7. The van der Waals surface area contributed by atoms with Crippen LogP contribution in [0.4, 0.5) is 4.39 Å². The highest BCUT2D eigenvalue weighted by Gasteiger charge is 2.13. The van der Waals surface area contributed by atoms with Crippen molar-refractivity contribution in [3.8, 4) is 0 Å². The van der Waals surface area contributed by atoms with Crippen molar-refractivity contribution in [2.75, 3.05) is 12.9 Å². The van der Waals surface area contributed by atoms with Crippen LogP contribution in [0.1, 0.15) is 17.2 Å². The average Bonchev–Trinajstić information content (AvgIpc) is 2.50. The molecule has 0 spiro atoms. The van der Waals surface area contributed by atoms with E-state index in [9.17, 15) is 13.7 Å². The Morgan fingerprint density at radius 2 is 1.86 bits per heavy atom. The zero-order chi connectivity index (χ0) is 15.2. The molecule has 112 valence electrons. The first kappa shape index (κ1) is 15.8. The number of hydrogen-bond donors (Lipinski definition) is 2. The Kier molecular flexibility index (Phi) is 5.61. The summed E-state index contributed by atoms with van der Waals surface area (Å²) in [7, 11) is -0.994. The maximum atomic E-state index is 13.7. The summed E-state index contributed by atoms with van der Waals surface area (Å²) in [5.74, 6) is -0.333. The van der Waals surface area contributed by atoms with Gasteiger partial charge in [-0.25, -0.2) is 4.39 Å². The minimum atomic E-state index is -0.994. The van der Waals surface area contributed by atoms with E-state index in [1.165, 1.54) is 6.07 Å². The largest absolute Gasteiger partial charge is 0.394 e. The first-order chi connectivity index (χ1) is 10.1. The second-order valence-corrected chi connectivity index (χ2v) is 6.12. The molecule has 0 aliphatic rings. The van der Waals surface area contributed by atoms with Gasteiger partial charge in [0.2, 0.25) is 0 Å². The molecule has 2 aromatic carbocycles. The van der Waals surface area contributed by atoms with Gasteiger partial charge in [0, 0.05) is 34.1 Å². The van der Waals surface area contributed by atoms with E-state index in [0.29, 0.717) is 12.1 Å². The van der Waals surface area contributed by atoms with E-state index in [2.05, 4.69) is 5.32 Å². The Morgan fingerprint density at radius 1 is 1.19 bits per heavy atom. The molecule has 2 rings (SSSR count). The first-order valence-electron chi connectivity index (χ1n) is 6.63. The van der Waals surface area contributed by atoms with Crippen molar-refractivity contribution in [3.63, 3.8) is 0 Å². The molecule has 5 heteroatoms. The molecule has 0 fully saturated rings. The van der Waals surface area contributed by atoms with Crippen molar-refractivity contribution < 1.29 is 13.7 Å². The van der Waals surface area contributed by atoms with Crippen molar-refractivity contribution >= 4 is 10.8 Å². The van der Waals surface area contributed by atoms with Gasteiger partial charge in [0.25, 0.3) is 0 Å². The molecule has 2 aromatic rings. The molecule has 0 radical (unpaired) electrons. The minimum absolute atomic E-state index is 0.183. The van der Waals surface area contributed by atoms with E-state index in [-0.39, 0.29) is 12.4 Å². The zero-order valence-electron chi connectivity index (χ0n) is 11.8. The smallest absolute Gasteiger partial charge is 0.128 e. The van der Waals surface area contributed by atoms with Crippen LogP contribution in [0.25, 0.3) is 0 Å². The highest BCUT2D eigenvalue weighted by molar-refractivity contribution is 7.84. The van der Waals surface area contributed by atoms with E-state index in [1.807, 2.05) is 24.3 Å². The first-order valence-corrected chi connectivity index (χ1v) is 8.18. The summed E-state index contributed by atoms with van der Waals surface area (Å²) in [6, 6.07) is 13.3. The third-order valence-corrected chi connectivity index (χ3v) is 4.21. The molecule has 0 aliphatic heterocycles. The van der Waals surface area contributed by atoms with Gasteiger partial charge in [-0.1, -0.05) is 30.3 Å². The number of aliphatic hydroxyl groups is 1. The van der Waals surface area contributed by atoms with Crippen LogP contribution in [0.2, 0.25) is 0 Å². The fraction of sp³-hybridized carbons (Fsp3) is 0.250. The van der Waals surface area contributed by atoms with Crippen LogP contribution < -0.4 is 5.32 Å². The molecular weight excluding hydrogens is 289 g/mol. The van der Waals surface area contributed by atoms with Gasteiger partial charge < -0.3 is 10.4 Å². The predicted octanol–water partition coefficient (Wildman–Crippen LogP) is 2.39. The molecule has 0 bridgehead atoms. The Balaban J connectivity index is 2.03. The molecule has 0 saturated heterocycles. The van der Waals surface area contributed by atoms with Gasteiger partial charge in [-0.2, -0.15) is 0 Å². The molecule has 21 heavy (non-hydrogen) atoms. The molecule has 0 amide bonds. The monoisotopic (exact) mass is 307 g/mol. The van der Waals surface area contributed by atoms with Gasteiger partial charge in [0.15, 0.2) is 0 Å². The third-order valence-electron chi connectivity index (χ3n) is 3.27. The van der Waals surface area contributed by atoms with Crippen LogP contribution in [-0.4, -0.2) is 22.2 Å². The highest BCUT2D eigenvalue weighted by Crippen LogP contribution is 2.17. The molecule has 0 unspecified atom stereocenters. The van der Waals surface area contributed by atoms with E-state index in [4.69, 9.17) is 0 Å². The van der Waals surface area contributed by atoms with Crippen LogP contribution in [0.15, 0.2) is 53.4 Å². The lowest BCUT2D eigenvalue weighted by Gasteiger charge is -2.17. The standard InChI is InChI=1S/C16H18FNO2S/c1-21(20)13-8-6-12(7-9-13)10-18-16(11-19)14-4-2-3-5-15(14)17/h2-9,16,18-19H,10-11H2,1H3/t16-,21-/m0/s1. The SMILES string of the molecule is C[S@](=O)c1ccc(CN[C@@H](CO)c2ccccc2F)cc1. The normalized spacial score (nSPS) is 13.9. The number of hydrogen-bond acceptors (Lipinski definition) is 3. The van der Waals surface area contributed by atoms with Gasteiger partial charge in [-0.15, -0.1) is 0 Å². The lowest BCUT2D eigenvalue weighted by molar-refractivity contribution is 0.240. The van der Waals surface area contributed by atoms with E-state index >= 15 is 0 Å². The summed E-state index contributed by atoms with van der Waals surface area (Å²) >= 11 is 0. The van der Waals surface area contributed by atoms with Crippen LogP contribution in [-0.2, 0) is 17.3 Å². The van der Waals surface area contributed by atoms with Gasteiger partial charge >= 0.3 is 0 Å². The lowest BCUT2D eigenvalue weighted by atomic mass is 10.1. The molecular formula is C16H18FNO2S. The second kappa shape index (κ2) is 7.45. The van der Waals surface area contributed by atoms with Gasteiger partial charge in [-0.05, 0) is 23.8 Å². The molecule has 0 aliphatic carbocycles. The summed E-state index contributed by atoms with van der Waals surface area (Å²) in [6.07, 6.45) is 1.63. The number of aliphatic hydroxyl groups excluding tert-OH is 1. The van der Waals surface area contributed by atoms with Crippen molar-refractivity contribution in [3.05, 3.63) is 65.5 Å². The zero-order valence-corrected chi connectivity index (χ0v) is 12.6.